The molecule has 33 heavy (non-hydrogen) atoms. The van der Waals surface area contributed by atoms with Gasteiger partial charge >= 0.3 is 0 Å². The van der Waals surface area contributed by atoms with Crippen molar-refractivity contribution in [3.05, 3.63) is 35.7 Å². The zero-order chi connectivity index (χ0) is 23.0. The molecule has 2 aliphatic heterocycles. The summed E-state index contributed by atoms with van der Waals surface area (Å²) in [6.07, 6.45) is 1.35. The van der Waals surface area contributed by atoms with Crippen molar-refractivity contribution in [3.63, 3.8) is 0 Å². The first-order valence-electron chi connectivity index (χ1n) is 11.1. The summed E-state index contributed by atoms with van der Waals surface area (Å²) in [7, 11) is -1.41. The van der Waals surface area contributed by atoms with Gasteiger partial charge in [0.05, 0.1) is 16.1 Å². The number of benzene rings is 1. The van der Waals surface area contributed by atoms with Crippen molar-refractivity contribution >= 4 is 59.6 Å². The number of sulfonamides is 1. The molecule has 2 aromatic heterocycles. The van der Waals surface area contributed by atoms with Gasteiger partial charge in [-0.05, 0) is 49.5 Å². The largest absolute Gasteiger partial charge is 0.345 e. The second kappa shape index (κ2) is 9.30. The van der Waals surface area contributed by atoms with Crippen LogP contribution in [0.25, 0.3) is 10.2 Å². The van der Waals surface area contributed by atoms with Crippen LogP contribution in [0.5, 0.6) is 0 Å². The van der Waals surface area contributed by atoms with Gasteiger partial charge in [0.25, 0.3) is 10.0 Å². The maximum absolute atomic E-state index is 13.0. The normalized spacial score (nSPS) is 20.9. The van der Waals surface area contributed by atoms with Crippen molar-refractivity contribution in [1.82, 2.24) is 14.2 Å². The smallest absolute Gasteiger partial charge is 0.252 e. The quantitative estimate of drug-likeness (QED) is 0.573. The van der Waals surface area contributed by atoms with Crippen molar-refractivity contribution in [2.45, 2.75) is 17.1 Å². The second-order valence-electron chi connectivity index (χ2n) is 8.59. The van der Waals surface area contributed by atoms with Crippen LogP contribution in [0, 0.1) is 5.92 Å². The summed E-state index contributed by atoms with van der Waals surface area (Å²) in [5.41, 5.74) is 1.65. The van der Waals surface area contributed by atoms with Gasteiger partial charge in [-0.2, -0.15) is 4.31 Å². The summed E-state index contributed by atoms with van der Waals surface area (Å²) in [6, 6.07) is 9.13. The third-order valence-corrected chi connectivity index (χ3v) is 10.6. The van der Waals surface area contributed by atoms with E-state index < -0.39 is 10.0 Å². The maximum Gasteiger partial charge on any atom is 0.252 e. The number of nitrogens with one attached hydrogen (secondary N) is 1. The number of fused-ring (bicyclic) bond motifs is 1. The number of nitrogens with zero attached hydrogens (tertiary/aromatic N) is 4. The number of likely N-dealkylation sites (N-methyl/N-ethyl adjacent to an activating group) is 1. The van der Waals surface area contributed by atoms with Crippen molar-refractivity contribution in [1.29, 1.82) is 0 Å². The highest BCUT2D eigenvalue weighted by atomic mass is 32.2. The van der Waals surface area contributed by atoms with E-state index in [1.54, 1.807) is 28.8 Å². The molecule has 3 aromatic rings. The number of rotatable bonds is 5. The number of anilines is 2. The lowest BCUT2D eigenvalue weighted by molar-refractivity contribution is -0.120. The number of thiophene rings is 1. The van der Waals surface area contributed by atoms with Crippen molar-refractivity contribution in [2.24, 2.45) is 5.92 Å². The van der Waals surface area contributed by atoms with Crippen LogP contribution < -0.4 is 10.2 Å². The molecule has 1 aromatic carbocycles. The van der Waals surface area contributed by atoms with Crippen LogP contribution in [0.15, 0.2) is 39.9 Å². The molecule has 0 radical (unpaired) electrons. The number of aromatic nitrogens is 1. The number of hydrogen-bond donors (Lipinski definition) is 1. The fourth-order valence-electron chi connectivity index (χ4n) is 4.28. The van der Waals surface area contributed by atoms with Crippen LogP contribution in [0.2, 0.25) is 0 Å². The minimum Gasteiger partial charge on any atom is -0.345 e. The number of carbonyl (C=O) groups is 1. The first-order valence-corrected chi connectivity index (χ1v) is 14.2. The van der Waals surface area contributed by atoms with Crippen LogP contribution >= 0.6 is 22.7 Å². The predicted octanol–water partition coefficient (Wildman–Crippen LogP) is 3.15. The van der Waals surface area contributed by atoms with Crippen LogP contribution in [0.4, 0.5) is 10.8 Å². The molecule has 1 unspecified atom stereocenters. The van der Waals surface area contributed by atoms with Gasteiger partial charge in [-0.15, -0.1) is 11.3 Å². The molecule has 1 amide bonds. The molecular weight excluding hydrogens is 478 g/mol. The summed E-state index contributed by atoms with van der Waals surface area (Å²) < 4.78 is 28.5. The van der Waals surface area contributed by atoms with Gasteiger partial charge in [0.2, 0.25) is 5.91 Å². The van der Waals surface area contributed by atoms with E-state index in [9.17, 15) is 13.2 Å². The van der Waals surface area contributed by atoms with Crippen LogP contribution in [-0.4, -0.2) is 74.8 Å². The fourth-order valence-corrected chi connectivity index (χ4v) is 8.00. The number of carbonyl (C=O) groups excluding carboxylic acids is 1. The topological polar surface area (TPSA) is 85.8 Å². The molecule has 2 aliphatic rings. The number of piperazine rings is 1. The summed E-state index contributed by atoms with van der Waals surface area (Å²) >= 11 is 2.85. The number of piperidine rings is 1. The maximum atomic E-state index is 13.0. The lowest BCUT2D eigenvalue weighted by atomic mass is 9.99. The first-order chi connectivity index (χ1) is 15.9. The summed E-state index contributed by atoms with van der Waals surface area (Å²) in [4.78, 5) is 22.4. The lowest BCUT2D eigenvalue weighted by Gasteiger charge is -2.32. The summed E-state index contributed by atoms with van der Waals surface area (Å²) in [6.45, 7) is 4.64. The molecule has 1 N–H and O–H groups in total. The highest BCUT2D eigenvalue weighted by Gasteiger charge is 2.33. The molecule has 4 heterocycles. The summed E-state index contributed by atoms with van der Waals surface area (Å²) in [5.74, 6) is -0.504. The predicted molar refractivity (Wildman–Crippen MR) is 134 cm³/mol. The number of thiazole rings is 1. The Morgan fingerprint density at radius 1 is 1.15 bits per heavy atom. The van der Waals surface area contributed by atoms with E-state index in [4.69, 9.17) is 4.98 Å². The molecule has 8 nitrogen and oxygen atoms in total. The van der Waals surface area contributed by atoms with Gasteiger partial charge in [-0.3, -0.25) is 4.79 Å². The van der Waals surface area contributed by atoms with Crippen LogP contribution in [-0.2, 0) is 14.8 Å². The van der Waals surface area contributed by atoms with Gasteiger partial charge in [0.15, 0.2) is 5.13 Å². The van der Waals surface area contributed by atoms with Gasteiger partial charge in [-0.25, -0.2) is 13.4 Å². The van der Waals surface area contributed by atoms with Gasteiger partial charge in [-0.1, -0.05) is 17.4 Å². The van der Waals surface area contributed by atoms with E-state index >= 15 is 0 Å². The average molecular weight is 506 g/mol. The Balaban J connectivity index is 1.26. The highest BCUT2D eigenvalue weighted by Crippen LogP contribution is 2.32. The Kier molecular flexibility index (Phi) is 6.41. The van der Waals surface area contributed by atoms with Crippen LogP contribution in [0.1, 0.15) is 12.8 Å². The molecule has 1 atom stereocenters. The fraction of sp³-hybridized carbons (Fsp3) is 0.455. The monoisotopic (exact) mass is 505 g/mol. The van der Waals surface area contributed by atoms with E-state index in [0.717, 1.165) is 47.2 Å². The van der Waals surface area contributed by atoms with E-state index in [2.05, 4.69) is 22.2 Å². The third-order valence-electron chi connectivity index (χ3n) is 6.26. The Hall–Kier alpha value is -2.05. The van der Waals surface area contributed by atoms with E-state index in [0.29, 0.717) is 23.6 Å². The molecule has 176 valence electrons. The van der Waals surface area contributed by atoms with Crippen molar-refractivity contribution < 1.29 is 13.2 Å². The molecular formula is C22H27N5O3S3. The minimum absolute atomic E-state index is 0.135. The van der Waals surface area contributed by atoms with Gasteiger partial charge in [0.1, 0.15) is 4.21 Å². The van der Waals surface area contributed by atoms with Crippen LogP contribution in [0.3, 0.4) is 0 Å². The first kappa shape index (κ1) is 22.7. The van der Waals surface area contributed by atoms with Gasteiger partial charge in [0, 0.05) is 45.0 Å². The molecule has 2 saturated heterocycles. The van der Waals surface area contributed by atoms with Gasteiger partial charge < -0.3 is 15.1 Å². The Morgan fingerprint density at radius 3 is 2.73 bits per heavy atom. The third kappa shape index (κ3) is 4.78. The van der Waals surface area contributed by atoms with E-state index in [1.807, 2.05) is 18.2 Å². The second-order valence-corrected chi connectivity index (χ2v) is 12.7. The average Bonchev–Trinajstić information content (AvgIpc) is 3.50. The molecule has 5 rings (SSSR count). The molecule has 0 bridgehead atoms. The van der Waals surface area contributed by atoms with E-state index in [-0.39, 0.29) is 18.4 Å². The zero-order valence-corrected chi connectivity index (χ0v) is 20.9. The molecule has 0 aliphatic carbocycles. The Bertz CT molecular complexity index is 1230. The molecule has 0 saturated carbocycles. The molecule has 2 fully saturated rings. The van der Waals surface area contributed by atoms with Crippen molar-refractivity contribution in [3.8, 4) is 0 Å². The summed E-state index contributed by atoms with van der Waals surface area (Å²) in [5, 5.41) is 5.78. The molecule has 0 spiro atoms. The number of amides is 1. The van der Waals surface area contributed by atoms with E-state index in [1.165, 1.54) is 15.6 Å². The van der Waals surface area contributed by atoms with Crippen molar-refractivity contribution in [2.75, 3.05) is 56.5 Å². The SMILES string of the molecule is CN1CCN(c2nc3ccc(NC(=O)C4CCCN(S(=O)(=O)c5cccs5)C4)cc3s2)CC1. The Morgan fingerprint density at radius 2 is 1.97 bits per heavy atom. The zero-order valence-electron chi connectivity index (χ0n) is 18.4. The minimum atomic E-state index is -3.54. The standard InChI is InChI=1S/C22H27N5O3S3/c1-25-9-11-26(12-10-25)22-24-18-7-6-17(14-19(18)32-22)23-21(28)16-4-2-8-27(15-16)33(29,30)20-5-3-13-31-20/h3,5-7,13-14,16H,2,4,8-12,15H2,1H3,(H,23,28). The lowest BCUT2D eigenvalue weighted by Crippen LogP contribution is -2.44. The number of hydrogen-bond acceptors (Lipinski definition) is 8. The highest BCUT2D eigenvalue weighted by molar-refractivity contribution is 7.91. The molecule has 11 heteroatoms. The Labute approximate surface area is 201 Å².